The smallest absolute Gasteiger partial charge is 0.336 e. The van der Waals surface area contributed by atoms with Gasteiger partial charge in [0.15, 0.2) is 0 Å². The molecule has 7 nitrogen and oxygen atoms in total. The van der Waals surface area contributed by atoms with Crippen LogP contribution in [0.1, 0.15) is 33.4 Å². The van der Waals surface area contributed by atoms with Crippen LogP contribution in [0, 0.1) is 0 Å². The second-order valence-electron chi connectivity index (χ2n) is 11.4. The standard InChI is InChI=1S/C37H32F3N5O2/c38-37(39,40)32-15-10-27(11-16-32)14-19-35(46)44(23-29-12-17-33(18-13-29)45-26-41-25-42-45)34(22-28-6-2-1-3-7-28)36(47)43-21-20-30-8-4-5-9-31(30)24-43/h1-19,25-26,34H,20-24H2/t34-/m0/s1. The lowest BCUT2D eigenvalue weighted by atomic mass is 9.97. The summed E-state index contributed by atoms with van der Waals surface area (Å²) in [4.78, 5) is 35.9. The maximum atomic E-state index is 14.4. The van der Waals surface area contributed by atoms with Crippen molar-refractivity contribution >= 4 is 17.9 Å². The minimum Gasteiger partial charge on any atom is -0.336 e. The van der Waals surface area contributed by atoms with Crippen LogP contribution >= 0.6 is 0 Å². The minimum absolute atomic E-state index is 0.126. The molecule has 0 saturated carbocycles. The lowest BCUT2D eigenvalue weighted by Crippen LogP contribution is -2.52. The maximum absolute atomic E-state index is 14.4. The van der Waals surface area contributed by atoms with Gasteiger partial charge >= 0.3 is 6.18 Å². The highest BCUT2D eigenvalue weighted by Crippen LogP contribution is 2.29. The third-order valence-electron chi connectivity index (χ3n) is 8.29. The van der Waals surface area contributed by atoms with E-state index in [0.717, 1.165) is 34.5 Å². The Morgan fingerprint density at radius 1 is 0.851 bits per heavy atom. The Labute approximate surface area is 270 Å². The fourth-order valence-corrected chi connectivity index (χ4v) is 5.74. The summed E-state index contributed by atoms with van der Waals surface area (Å²) in [5, 5.41) is 4.16. The Bertz CT molecular complexity index is 1840. The Balaban J connectivity index is 1.33. The number of hydrogen-bond donors (Lipinski definition) is 0. The Hall–Kier alpha value is -5.51. The molecule has 238 valence electrons. The summed E-state index contributed by atoms with van der Waals surface area (Å²) < 4.78 is 40.9. The summed E-state index contributed by atoms with van der Waals surface area (Å²) in [6.07, 6.45) is 2.37. The highest BCUT2D eigenvalue weighted by atomic mass is 19.4. The fraction of sp³-hybridized carbons (Fsp3) is 0.189. The molecule has 1 aromatic heterocycles. The van der Waals surface area contributed by atoms with E-state index in [-0.39, 0.29) is 18.9 Å². The zero-order valence-electron chi connectivity index (χ0n) is 25.4. The van der Waals surface area contributed by atoms with Crippen LogP contribution in [0.5, 0.6) is 0 Å². The van der Waals surface area contributed by atoms with E-state index >= 15 is 0 Å². The van der Waals surface area contributed by atoms with Crippen molar-refractivity contribution in [2.24, 2.45) is 0 Å². The van der Waals surface area contributed by atoms with Crippen LogP contribution in [-0.4, -0.2) is 49.0 Å². The summed E-state index contributed by atoms with van der Waals surface area (Å²) in [7, 11) is 0. The molecule has 10 heteroatoms. The van der Waals surface area contributed by atoms with Gasteiger partial charge in [-0.25, -0.2) is 9.67 Å². The Morgan fingerprint density at radius 2 is 1.55 bits per heavy atom. The maximum Gasteiger partial charge on any atom is 0.416 e. The van der Waals surface area contributed by atoms with Crippen LogP contribution in [-0.2, 0) is 41.7 Å². The van der Waals surface area contributed by atoms with E-state index in [4.69, 9.17) is 0 Å². The highest BCUT2D eigenvalue weighted by Gasteiger charge is 2.34. The highest BCUT2D eigenvalue weighted by molar-refractivity contribution is 5.96. The largest absolute Gasteiger partial charge is 0.416 e. The predicted molar refractivity (Wildman–Crippen MR) is 172 cm³/mol. The van der Waals surface area contributed by atoms with Crippen LogP contribution < -0.4 is 0 Å². The summed E-state index contributed by atoms with van der Waals surface area (Å²) in [5.41, 5.74) is 4.42. The van der Waals surface area contributed by atoms with Gasteiger partial charge in [0.1, 0.15) is 18.7 Å². The minimum atomic E-state index is -4.46. The van der Waals surface area contributed by atoms with E-state index in [9.17, 15) is 22.8 Å². The molecular formula is C37H32F3N5O2. The van der Waals surface area contributed by atoms with E-state index in [1.165, 1.54) is 36.2 Å². The van der Waals surface area contributed by atoms with E-state index < -0.39 is 23.7 Å². The molecule has 0 aliphatic carbocycles. The van der Waals surface area contributed by atoms with Gasteiger partial charge in [-0.15, -0.1) is 0 Å². The zero-order valence-corrected chi connectivity index (χ0v) is 25.4. The van der Waals surface area contributed by atoms with Gasteiger partial charge in [0.25, 0.3) is 0 Å². The number of fused-ring (bicyclic) bond motifs is 1. The van der Waals surface area contributed by atoms with E-state index in [0.29, 0.717) is 25.1 Å². The van der Waals surface area contributed by atoms with E-state index in [2.05, 4.69) is 16.1 Å². The molecule has 0 bridgehead atoms. The lowest BCUT2D eigenvalue weighted by Gasteiger charge is -2.37. The first-order valence-electron chi connectivity index (χ1n) is 15.2. The average Bonchev–Trinajstić information content (AvgIpc) is 3.64. The van der Waals surface area contributed by atoms with Gasteiger partial charge in [-0.1, -0.05) is 78.9 Å². The van der Waals surface area contributed by atoms with Gasteiger partial charge in [-0.2, -0.15) is 18.3 Å². The number of aromatic nitrogens is 3. The molecule has 1 atom stereocenters. The topological polar surface area (TPSA) is 71.3 Å². The van der Waals surface area contributed by atoms with Crippen molar-refractivity contribution in [2.45, 2.75) is 38.1 Å². The Kier molecular flexibility index (Phi) is 9.28. The van der Waals surface area contributed by atoms with Crippen molar-refractivity contribution in [1.29, 1.82) is 0 Å². The number of nitrogens with zero attached hydrogens (tertiary/aromatic N) is 5. The molecule has 6 rings (SSSR count). The van der Waals surface area contributed by atoms with Gasteiger partial charge in [-0.3, -0.25) is 9.59 Å². The Morgan fingerprint density at radius 3 is 2.23 bits per heavy atom. The van der Waals surface area contributed by atoms with Crippen molar-refractivity contribution < 1.29 is 22.8 Å². The quantitative estimate of drug-likeness (QED) is 0.173. The number of hydrogen-bond acceptors (Lipinski definition) is 4. The monoisotopic (exact) mass is 635 g/mol. The first kappa shape index (κ1) is 31.5. The molecule has 47 heavy (non-hydrogen) atoms. The predicted octanol–water partition coefficient (Wildman–Crippen LogP) is 6.52. The SMILES string of the molecule is O=C([C@H](Cc1ccccc1)N(Cc1ccc(-n2cncn2)cc1)C(=O)C=Cc1ccc(C(F)(F)F)cc1)N1CCc2ccccc2C1. The van der Waals surface area contributed by atoms with Crippen molar-refractivity contribution in [1.82, 2.24) is 24.6 Å². The first-order valence-corrected chi connectivity index (χ1v) is 15.2. The third kappa shape index (κ3) is 7.66. The van der Waals surface area contributed by atoms with Crippen LogP contribution in [0.4, 0.5) is 13.2 Å². The van der Waals surface area contributed by atoms with Crippen molar-refractivity contribution in [3.63, 3.8) is 0 Å². The molecule has 0 radical (unpaired) electrons. The first-order chi connectivity index (χ1) is 22.7. The molecular weight excluding hydrogens is 603 g/mol. The number of benzene rings is 4. The molecule has 0 unspecified atom stereocenters. The van der Waals surface area contributed by atoms with Gasteiger partial charge in [0.05, 0.1) is 11.3 Å². The molecule has 0 N–H and O–H groups in total. The number of halogens is 3. The van der Waals surface area contributed by atoms with Crippen molar-refractivity contribution in [3.8, 4) is 5.69 Å². The van der Waals surface area contributed by atoms with Crippen LogP contribution in [0.25, 0.3) is 11.8 Å². The molecule has 2 heterocycles. The molecule has 5 aromatic rings. The third-order valence-corrected chi connectivity index (χ3v) is 8.29. The second kappa shape index (κ2) is 13.9. The number of carbonyl (C=O) groups excluding carboxylic acids is 2. The fourth-order valence-electron chi connectivity index (χ4n) is 5.74. The summed E-state index contributed by atoms with van der Waals surface area (Å²) >= 11 is 0. The van der Waals surface area contributed by atoms with Gasteiger partial charge in [-0.05, 0) is 64.6 Å². The van der Waals surface area contributed by atoms with Crippen molar-refractivity contribution in [3.05, 3.63) is 155 Å². The van der Waals surface area contributed by atoms with Gasteiger partial charge < -0.3 is 9.80 Å². The summed E-state index contributed by atoms with van der Waals surface area (Å²) in [6.45, 7) is 1.09. The molecule has 4 aromatic carbocycles. The second-order valence-corrected chi connectivity index (χ2v) is 11.4. The number of amides is 2. The van der Waals surface area contributed by atoms with Crippen LogP contribution in [0.15, 0.2) is 122 Å². The van der Waals surface area contributed by atoms with E-state index in [1.807, 2.05) is 77.7 Å². The summed E-state index contributed by atoms with van der Waals surface area (Å²) in [5.74, 6) is -0.601. The average molecular weight is 636 g/mol. The normalized spacial score (nSPS) is 13.7. The lowest BCUT2D eigenvalue weighted by molar-refractivity contribution is -0.144. The number of alkyl halides is 3. The van der Waals surface area contributed by atoms with Crippen molar-refractivity contribution in [2.75, 3.05) is 6.54 Å². The van der Waals surface area contributed by atoms with Gasteiger partial charge in [0, 0.05) is 32.1 Å². The van der Waals surface area contributed by atoms with Crippen LogP contribution in [0.2, 0.25) is 0 Å². The number of rotatable bonds is 9. The molecule has 0 spiro atoms. The van der Waals surface area contributed by atoms with Gasteiger partial charge in [0.2, 0.25) is 11.8 Å². The molecule has 1 aliphatic heterocycles. The molecule has 2 amide bonds. The molecule has 0 saturated heterocycles. The molecule has 0 fully saturated rings. The zero-order chi connectivity index (χ0) is 32.8. The molecule has 1 aliphatic rings. The number of carbonyl (C=O) groups is 2. The summed E-state index contributed by atoms with van der Waals surface area (Å²) in [6, 6.07) is 28.8. The van der Waals surface area contributed by atoms with Crippen LogP contribution in [0.3, 0.4) is 0 Å². The van der Waals surface area contributed by atoms with E-state index in [1.54, 1.807) is 15.9 Å².